The largest absolute Gasteiger partial charge is 0.394 e. The van der Waals surface area contributed by atoms with Gasteiger partial charge in [0.2, 0.25) is 6.29 Å². The molecule has 0 aromatic heterocycles. The van der Waals surface area contributed by atoms with Gasteiger partial charge in [-0.25, -0.2) is 0 Å². The van der Waals surface area contributed by atoms with Gasteiger partial charge in [0, 0.05) is 7.11 Å². The Bertz CT molecular complexity index is 474. The van der Waals surface area contributed by atoms with E-state index in [9.17, 15) is 20.4 Å². The summed E-state index contributed by atoms with van der Waals surface area (Å²) in [7, 11) is 7.04. The van der Waals surface area contributed by atoms with Gasteiger partial charge in [-0.15, -0.1) is 0 Å². The number of ether oxygens (including phenoxy) is 4. The molecule has 0 spiro atoms. The second kappa shape index (κ2) is 8.95. The number of hydrogen-bond donors (Lipinski definition) is 5. The Hall–Kier alpha value is -0.400. The SMILES string of the molecule is CO[C@@H]1C(CO)O[C@@H](O[C@@H]2C(CO)O[C@@H](C)C(N)[C@H]2O)C([N+](C)(C)C)[C@H]1O. The van der Waals surface area contributed by atoms with Crippen molar-refractivity contribution in [3.8, 4) is 0 Å². The van der Waals surface area contributed by atoms with Gasteiger partial charge in [0.25, 0.3) is 0 Å². The first-order valence-corrected chi connectivity index (χ1v) is 9.20. The lowest BCUT2D eigenvalue weighted by Crippen LogP contribution is -2.70. The van der Waals surface area contributed by atoms with E-state index in [1.807, 2.05) is 21.1 Å². The second-order valence-electron chi connectivity index (χ2n) is 8.25. The molecule has 27 heavy (non-hydrogen) atoms. The highest BCUT2D eigenvalue weighted by atomic mass is 16.7. The molecule has 0 bridgehead atoms. The third-order valence-corrected chi connectivity index (χ3v) is 5.49. The maximum Gasteiger partial charge on any atom is 0.214 e. The van der Waals surface area contributed by atoms with Crippen molar-refractivity contribution in [2.45, 2.75) is 68.0 Å². The number of rotatable bonds is 6. The molecule has 2 saturated heterocycles. The van der Waals surface area contributed by atoms with Crippen LogP contribution in [0.15, 0.2) is 0 Å². The molecule has 10 atom stereocenters. The van der Waals surface area contributed by atoms with Crippen LogP contribution in [-0.2, 0) is 18.9 Å². The van der Waals surface area contributed by atoms with Crippen molar-refractivity contribution in [1.82, 2.24) is 0 Å². The molecular formula is C17H35N2O8+. The summed E-state index contributed by atoms with van der Waals surface area (Å²) in [6, 6.07) is -1.28. The summed E-state index contributed by atoms with van der Waals surface area (Å²) in [5, 5.41) is 40.7. The van der Waals surface area contributed by atoms with E-state index in [0.29, 0.717) is 0 Å². The normalized spacial score (nSPS) is 46.4. The third-order valence-electron chi connectivity index (χ3n) is 5.49. The molecule has 0 amide bonds. The quantitative estimate of drug-likeness (QED) is 0.297. The van der Waals surface area contributed by atoms with Gasteiger partial charge in [0.1, 0.15) is 36.6 Å². The van der Waals surface area contributed by atoms with E-state index in [1.54, 1.807) is 6.92 Å². The van der Waals surface area contributed by atoms with Crippen molar-refractivity contribution in [1.29, 1.82) is 0 Å². The lowest BCUT2D eigenvalue weighted by atomic mass is 9.92. The first kappa shape index (κ1) is 22.9. The van der Waals surface area contributed by atoms with Crippen molar-refractivity contribution < 1.29 is 43.9 Å². The van der Waals surface area contributed by atoms with E-state index in [-0.39, 0.29) is 17.7 Å². The predicted molar refractivity (Wildman–Crippen MR) is 94.6 cm³/mol. The molecule has 2 heterocycles. The third kappa shape index (κ3) is 4.61. The number of likely N-dealkylation sites (N-methyl/N-ethyl adjacent to an activating group) is 1. The molecule has 2 aliphatic heterocycles. The molecule has 0 saturated carbocycles. The first-order valence-electron chi connectivity index (χ1n) is 9.20. The molecule has 6 N–H and O–H groups in total. The topological polar surface area (TPSA) is 144 Å². The predicted octanol–water partition coefficient (Wildman–Crippen LogP) is -2.99. The van der Waals surface area contributed by atoms with Gasteiger partial charge in [-0.2, -0.15) is 0 Å². The zero-order valence-corrected chi connectivity index (χ0v) is 16.6. The van der Waals surface area contributed by atoms with E-state index in [1.165, 1.54) is 7.11 Å². The number of aliphatic hydroxyl groups excluding tert-OH is 4. The van der Waals surface area contributed by atoms with Gasteiger partial charge in [-0.05, 0) is 6.92 Å². The average Bonchev–Trinajstić information content (AvgIpc) is 2.60. The minimum atomic E-state index is -1.09. The summed E-state index contributed by atoms with van der Waals surface area (Å²) >= 11 is 0. The van der Waals surface area contributed by atoms with Gasteiger partial charge in [-0.3, -0.25) is 0 Å². The molecular weight excluding hydrogens is 360 g/mol. The summed E-state index contributed by atoms with van der Waals surface area (Å²) in [5.74, 6) is 0. The van der Waals surface area contributed by atoms with Crippen LogP contribution in [0.1, 0.15) is 6.92 Å². The van der Waals surface area contributed by atoms with Crippen molar-refractivity contribution in [2.75, 3.05) is 41.5 Å². The summed E-state index contributed by atoms with van der Waals surface area (Å²) in [6.07, 6.45) is -6.81. The Balaban J connectivity index is 2.29. The zero-order valence-electron chi connectivity index (χ0n) is 16.6. The fourth-order valence-corrected chi connectivity index (χ4v) is 3.91. The summed E-state index contributed by atoms with van der Waals surface area (Å²) < 4.78 is 23.2. The van der Waals surface area contributed by atoms with Crippen molar-refractivity contribution >= 4 is 0 Å². The Morgan fingerprint density at radius 3 is 2.00 bits per heavy atom. The molecule has 0 radical (unpaired) electrons. The minimum Gasteiger partial charge on any atom is -0.394 e. The number of aliphatic hydroxyl groups is 4. The standard InChI is InChI=1S/C17H35N2O8/c1-8-11(18)13(22)16(10(7-21)25-8)27-17-12(19(2,3)4)14(23)15(24-5)9(6-20)26-17/h8-17,20-23H,6-7,18H2,1-5H3/q+1/t8-,9?,10?,11?,12?,13+,14+,15+,16+,17-/m0/s1. The number of quaternary nitrogens is 1. The summed E-state index contributed by atoms with van der Waals surface area (Å²) in [4.78, 5) is 0. The Kier molecular flexibility index (Phi) is 7.59. The van der Waals surface area contributed by atoms with Crippen LogP contribution >= 0.6 is 0 Å². The molecule has 10 nitrogen and oxygen atoms in total. The molecule has 4 unspecified atom stereocenters. The highest BCUT2D eigenvalue weighted by Gasteiger charge is 2.54. The van der Waals surface area contributed by atoms with Gasteiger partial charge < -0.3 is 49.6 Å². The molecule has 0 aliphatic carbocycles. The van der Waals surface area contributed by atoms with E-state index >= 15 is 0 Å². The summed E-state index contributed by atoms with van der Waals surface area (Å²) in [6.45, 7) is 0.976. The molecule has 0 aromatic rings. The highest BCUT2D eigenvalue weighted by Crippen LogP contribution is 2.32. The number of nitrogens with zero attached hydrogens (tertiary/aromatic N) is 1. The van der Waals surface area contributed by atoms with Crippen molar-refractivity contribution in [3.05, 3.63) is 0 Å². The fourth-order valence-electron chi connectivity index (χ4n) is 3.91. The van der Waals surface area contributed by atoms with E-state index in [0.717, 1.165) is 0 Å². The molecule has 2 aliphatic rings. The van der Waals surface area contributed by atoms with Gasteiger partial charge >= 0.3 is 0 Å². The van der Waals surface area contributed by atoms with Crippen LogP contribution in [0.2, 0.25) is 0 Å². The maximum atomic E-state index is 10.9. The van der Waals surface area contributed by atoms with Crippen molar-refractivity contribution in [3.63, 3.8) is 0 Å². The molecule has 160 valence electrons. The highest BCUT2D eigenvalue weighted by molar-refractivity contribution is 4.96. The van der Waals surface area contributed by atoms with Crippen LogP contribution < -0.4 is 5.73 Å². The summed E-state index contributed by atoms with van der Waals surface area (Å²) in [5.41, 5.74) is 5.99. The maximum absolute atomic E-state index is 10.9. The van der Waals surface area contributed by atoms with Crippen LogP contribution in [0.25, 0.3) is 0 Å². The second-order valence-corrected chi connectivity index (χ2v) is 8.25. The molecule has 0 aromatic carbocycles. The smallest absolute Gasteiger partial charge is 0.214 e. The van der Waals surface area contributed by atoms with E-state index in [2.05, 4.69) is 0 Å². The Morgan fingerprint density at radius 2 is 1.52 bits per heavy atom. The van der Waals surface area contributed by atoms with Crippen LogP contribution in [0.4, 0.5) is 0 Å². The monoisotopic (exact) mass is 395 g/mol. The number of hydrogen-bond acceptors (Lipinski definition) is 9. The molecule has 2 fully saturated rings. The van der Waals surface area contributed by atoms with Gasteiger partial charge in [0.05, 0.1) is 46.5 Å². The van der Waals surface area contributed by atoms with Crippen LogP contribution in [0.5, 0.6) is 0 Å². The molecule has 2 rings (SSSR count). The number of nitrogens with two attached hydrogens (primary N) is 1. The Labute approximate surface area is 160 Å². The molecule has 10 heteroatoms. The Morgan fingerprint density at radius 1 is 0.963 bits per heavy atom. The van der Waals surface area contributed by atoms with Crippen LogP contribution in [-0.4, -0.2) is 127 Å². The van der Waals surface area contributed by atoms with E-state index in [4.69, 9.17) is 24.7 Å². The van der Waals surface area contributed by atoms with Gasteiger partial charge in [-0.1, -0.05) is 0 Å². The van der Waals surface area contributed by atoms with Crippen LogP contribution in [0.3, 0.4) is 0 Å². The minimum absolute atomic E-state index is 0.278. The van der Waals surface area contributed by atoms with E-state index < -0.39 is 61.1 Å². The average molecular weight is 395 g/mol. The lowest BCUT2D eigenvalue weighted by molar-refractivity contribution is -0.910. The zero-order chi connectivity index (χ0) is 20.5. The first-order chi connectivity index (χ1) is 12.6. The van der Waals surface area contributed by atoms with Gasteiger partial charge in [0.15, 0.2) is 6.04 Å². The van der Waals surface area contributed by atoms with Crippen molar-refractivity contribution in [2.24, 2.45) is 5.73 Å². The number of methoxy groups -OCH3 is 1. The van der Waals surface area contributed by atoms with Crippen LogP contribution in [0, 0.1) is 0 Å². The fraction of sp³-hybridized carbons (Fsp3) is 1.00. The lowest BCUT2D eigenvalue weighted by Gasteiger charge is -2.50.